The van der Waals surface area contributed by atoms with Crippen molar-refractivity contribution in [1.82, 2.24) is 9.97 Å². The SMILES string of the molecule is CN(C)c1cc(C(F)(F)F)nc(NCC2(O)CCc3ccccc32)n1. The van der Waals surface area contributed by atoms with Crippen LogP contribution in [0.15, 0.2) is 30.3 Å². The van der Waals surface area contributed by atoms with Gasteiger partial charge in [0.2, 0.25) is 5.95 Å². The maximum absolute atomic E-state index is 13.0. The number of aromatic nitrogens is 2. The zero-order valence-corrected chi connectivity index (χ0v) is 13.9. The minimum atomic E-state index is -4.57. The molecule has 0 fully saturated rings. The van der Waals surface area contributed by atoms with E-state index in [1.165, 1.54) is 4.90 Å². The molecule has 1 unspecified atom stereocenters. The zero-order chi connectivity index (χ0) is 18.2. The molecule has 0 bridgehead atoms. The number of anilines is 2. The van der Waals surface area contributed by atoms with Gasteiger partial charge in [-0.3, -0.25) is 0 Å². The van der Waals surface area contributed by atoms with Crippen molar-refractivity contribution in [2.75, 3.05) is 30.9 Å². The summed E-state index contributed by atoms with van der Waals surface area (Å²) < 4.78 is 39.1. The summed E-state index contributed by atoms with van der Waals surface area (Å²) in [4.78, 5) is 9.11. The predicted octanol–water partition coefficient (Wildman–Crippen LogP) is 2.81. The van der Waals surface area contributed by atoms with Gasteiger partial charge in [0, 0.05) is 20.2 Å². The van der Waals surface area contributed by atoms with E-state index in [4.69, 9.17) is 0 Å². The molecule has 0 aliphatic heterocycles. The Labute approximate surface area is 143 Å². The molecule has 134 valence electrons. The molecular weight excluding hydrogens is 333 g/mol. The second-order valence-corrected chi connectivity index (χ2v) is 6.37. The summed E-state index contributed by atoms with van der Waals surface area (Å²) in [5, 5.41) is 13.6. The molecule has 1 aliphatic rings. The van der Waals surface area contributed by atoms with Crippen molar-refractivity contribution in [3.63, 3.8) is 0 Å². The quantitative estimate of drug-likeness (QED) is 0.886. The molecule has 5 nitrogen and oxygen atoms in total. The molecule has 1 heterocycles. The largest absolute Gasteiger partial charge is 0.433 e. The number of halogens is 3. The molecule has 0 amide bonds. The number of hydrogen-bond acceptors (Lipinski definition) is 5. The fourth-order valence-electron chi connectivity index (χ4n) is 2.97. The molecule has 3 rings (SSSR count). The molecular formula is C17H19F3N4O. The van der Waals surface area contributed by atoms with Crippen LogP contribution in [0.25, 0.3) is 0 Å². The van der Waals surface area contributed by atoms with E-state index in [2.05, 4.69) is 15.3 Å². The third-order valence-electron chi connectivity index (χ3n) is 4.33. The highest BCUT2D eigenvalue weighted by molar-refractivity contribution is 5.45. The molecule has 0 saturated heterocycles. The van der Waals surface area contributed by atoms with Crippen LogP contribution >= 0.6 is 0 Å². The highest BCUT2D eigenvalue weighted by atomic mass is 19.4. The average Bonchev–Trinajstić information content (AvgIpc) is 2.90. The van der Waals surface area contributed by atoms with Crippen LogP contribution in [0, 0.1) is 0 Å². The van der Waals surface area contributed by atoms with Gasteiger partial charge >= 0.3 is 6.18 Å². The highest BCUT2D eigenvalue weighted by Crippen LogP contribution is 2.37. The molecule has 0 saturated carbocycles. The molecule has 0 radical (unpaired) electrons. The highest BCUT2D eigenvalue weighted by Gasteiger charge is 2.37. The first-order chi connectivity index (χ1) is 11.7. The first-order valence-electron chi connectivity index (χ1n) is 7.87. The minimum absolute atomic E-state index is 0.0399. The van der Waals surface area contributed by atoms with E-state index in [9.17, 15) is 18.3 Å². The van der Waals surface area contributed by atoms with Gasteiger partial charge in [-0.15, -0.1) is 0 Å². The Morgan fingerprint density at radius 3 is 2.64 bits per heavy atom. The van der Waals surface area contributed by atoms with Crippen LogP contribution in [0.2, 0.25) is 0 Å². The predicted molar refractivity (Wildman–Crippen MR) is 88.5 cm³/mol. The van der Waals surface area contributed by atoms with Crippen LogP contribution in [0.4, 0.5) is 24.9 Å². The van der Waals surface area contributed by atoms with E-state index >= 15 is 0 Å². The number of alkyl halides is 3. The normalized spacial score (nSPS) is 19.6. The lowest BCUT2D eigenvalue weighted by molar-refractivity contribution is -0.141. The summed E-state index contributed by atoms with van der Waals surface area (Å²) in [5.41, 5.74) is -0.326. The fraction of sp³-hybridized carbons (Fsp3) is 0.412. The Balaban J connectivity index is 1.85. The molecule has 1 aromatic heterocycles. The summed E-state index contributed by atoms with van der Waals surface area (Å²) in [6.45, 7) is 0.0399. The van der Waals surface area contributed by atoms with E-state index in [0.717, 1.165) is 23.6 Å². The summed E-state index contributed by atoms with van der Waals surface area (Å²) >= 11 is 0. The van der Waals surface area contributed by atoms with Crippen LogP contribution < -0.4 is 10.2 Å². The number of aryl methyl sites for hydroxylation is 1. The fourth-order valence-corrected chi connectivity index (χ4v) is 2.97. The lowest BCUT2D eigenvalue weighted by Gasteiger charge is -2.25. The summed E-state index contributed by atoms with van der Waals surface area (Å²) in [7, 11) is 3.21. The third-order valence-corrected chi connectivity index (χ3v) is 4.33. The first-order valence-corrected chi connectivity index (χ1v) is 7.87. The van der Waals surface area contributed by atoms with Gasteiger partial charge in [0.05, 0.1) is 6.54 Å². The van der Waals surface area contributed by atoms with Gasteiger partial charge < -0.3 is 15.3 Å². The minimum Gasteiger partial charge on any atom is -0.383 e. The second kappa shape index (κ2) is 6.18. The van der Waals surface area contributed by atoms with E-state index in [1.54, 1.807) is 14.1 Å². The first kappa shape index (κ1) is 17.5. The van der Waals surface area contributed by atoms with Crippen molar-refractivity contribution >= 4 is 11.8 Å². The molecule has 1 aromatic carbocycles. The zero-order valence-electron chi connectivity index (χ0n) is 13.9. The van der Waals surface area contributed by atoms with Crippen molar-refractivity contribution in [3.05, 3.63) is 47.2 Å². The van der Waals surface area contributed by atoms with Crippen LogP contribution in [0.3, 0.4) is 0 Å². The summed E-state index contributed by atoms with van der Waals surface area (Å²) in [6.07, 6.45) is -3.35. The number of hydrogen-bond donors (Lipinski definition) is 2. The standard InChI is InChI=1S/C17H19F3N4O/c1-24(2)14-9-13(17(18,19)20)22-15(23-14)21-10-16(25)8-7-11-5-3-4-6-12(11)16/h3-6,9,25H,7-8,10H2,1-2H3,(H,21,22,23). The van der Waals surface area contributed by atoms with Crippen molar-refractivity contribution < 1.29 is 18.3 Å². The smallest absolute Gasteiger partial charge is 0.383 e. The van der Waals surface area contributed by atoms with Crippen molar-refractivity contribution in [2.24, 2.45) is 0 Å². The average molecular weight is 352 g/mol. The van der Waals surface area contributed by atoms with Gasteiger partial charge in [-0.05, 0) is 24.0 Å². The molecule has 8 heteroatoms. The van der Waals surface area contributed by atoms with Gasteiger partial charge in [0.1, 0.15) is 11.4 Å². The number of nitrogens with one attached hydrogen (secondary N) is 1. The van der Waals surface area contributed by atoms with Gasteiger partial charge in [0.15, 0.2) is 5.69 Å². The maximum Gasteiger partial charge on any atom is 0.433 e. The number of benzene rings is 1. The van der Waals surface area contributed by atoms with E-state index in [-0.39, 0.29) is 18.3 Å². The molecule has 2 aromatic rings. The lowest BCUT2D eigenvalue weighted by atomic mass is 9.96. The summed E-state index contributed by atoms with van der Waals surface area (Å²) in [6, 6.07) is 8.41. The van der Waals surface area contributed by atoms with E-state index in [1.807, 2.05) is 24.3 Å². The van der Waals surface area contributed by atoms with Crippen LogP contribution in [0.5, 0.6) is 0 Å². The molecule has 1 atom stereocenters. The van der Waals surface area contributed by atoms with Gasteiger partial charge in [-0.2, -0.15) is 18.2 Å². The second-order valence-electron chi connectivity index (χ2n) is 6.37. The molecule has 1 aliphatic carbocycles. The molecule has 25 heavy (non-hydrogen) atoms. The van der Waals surface area contributed by atoms with Crippen LogP contribution in [-0.4, -0.2) is 35.7 Å². The van der Waals surface area contributed by atoms with Crippen molar-refractivity contribution in [1.29, 1.82) is 0 Å². The monoisotopic (exact) mass is 352 g/mol. The lowest BCUT2D eigenvalue weighted by Crippen LogP contribution is -2.32. The van der Waals surface area contributed by atoms with Gasteiger partial charge in [0.25, 0.3) is 0 Å². The number of rotatable bonds is 4. The van der Waals surface area contributed by atoms with Crippen LogP contribution in [0.1, 0.15) is 23.2 Å². The van der Waals surface area contributed by atoms with E-state index < -0.39 is 17.5 Å². The topological polar surface area (TPSA) is 61.3 Å². The number of nitrogens with zero attached hydrogens (tertiary/aromatic N) is 3. The summed E-state index contributed by atoms with van der Waals surface area (Å²) in [5.74, 6) is -0.0139. The third kappa shape index (κ3) is 3.53. The number of aliphatic hydroxyl groups is 1. The Morgan fingerprint density at radius 1 is 1.24 bits per heavy atom. The molecule has 2 N–H and O–H groups in total. The Morgan fingerprint density at radius 2 is 1.96 bits per heavy atom. The maximum atomic E-state index is 13.0. The Bertz CT molecular complexity index is 779. The van der Waals surface area contributed by atoms with Gasteiger partial charge in [-0.1, -0.05) is 24.3 Å². The van der Waals surface area contributed by atoms with Crippen molar-refractivity contribution in [2.45, 2.75) is 24.6 Å². The van der Waals surface area contributed by atoms with Crippen LogP contribution in [-0.2, 0) is 18.2 Å². The van der Waals surface area contributed by atoms with E-state index in [0.29, 0.717) is 6.42 Å². The number of fused-ring (bicyclic) bond motifs is 1. The van der Waals surface area contributed by atoms with Crippen molar-refractivity contribution in [3.8, 4) is 0 Å². The molecule has 0 spiro atoms. The Kier molecular flexibility index (Phi) is 4.32. The Hall–Kier alpha value is -2.35. The van der Waals surface area contributed by atoms with Gasteiger partial charge in [-0.25, -0.2) is 4.98 Å².